The molecule has 0 saturated carbocycles. The third kappa shape index (κ3) is 5.09. The summed E-state index contributed by atoms with van der Waals surface area (Å²) in [5, 5.41) is 0.227. The van der Waals surface area contributed by atoms with E-state index in [0.29, 0.717) is 0 Å². The molecule has 0 fully saturated rings. The van der Waals surface area contributed by atoms with E-state index in [9.17, 15) is 18.0 Å². The topological polar surface area (TPSA) is 104 Å². The Hall–Kier alpha value is -2.29. The molecule has 0 aliphatic rings. The summed E-state index contributed by atoms with van der Waals surface area (Å²) < 4.78 is 27.2. The van der Waals surface area contributed by atoms with E-state index in [4.69, 9.17) is 23.2 Å². The minimum atomic E-state index is -4.00. The fourth-order valence-electron chi connectivity index (χ4n) is 1.83. The van der Waals surface area contributed by atoms with Crippen LogP contribution in [0.2, 0.25) is 10.0 Å². The first-order valence-corrected chi connectivity index (χ1v) is 9.08. The lowest BCUT2D eigenvalue weighted by Crippen LogP contribution is -2.40. The fourth-order valence-corrected chi connectivity index (χ4v) is 3.65. The van der Waals surface area contributed by atoms with Crippen molar-refractivity contribution in [2.45, 2.75) is 11.8 Å². The van der Waals surface area contributed by atoms with E-state index < -0.39 is 21.8 Å². The Bertz CT molecular complexity index is 932. The van der Waals surface area contributed by atoms with Crippen molar-refractivity contribution in [2.75, 3.05) is 4.72 Å². The number of benzene rings is 2. The number of amides is 2. The Morgan fingerprint density at radius 2 is 1.72 bits per heavy atom. The standard InChI is InChI=1S/C15H13Cl2N3O4S/c1-9(21)18-19-15(22)10-3-2-4-12(7-10)20-25(23,24)14-8-11(16)5-6-13(14)17/h2-8,20H,1H3,(H,18,21)(H,19,22). The molecule has 25 heavy (non-hydrogen) atoms. The van der Waals surface area contributed by atoms with Gasteiger partial charge in [-0.15, -0.1) is 0 Å². The van der Waals surface area contributed by atoms with Gasteiger partial charge in [-0.2, -0.15) is 0 Å². The number of hydrogen-bond donors (Lipinski definition) is 3. The number of nitrogens with one attached hydrogen (secondary N) is 3. The molecular formula is C15H13Cl2N3O4S. The van der Waals surface area contributed by atoms with Crippen LogP contribution in [0.25, 0.3) is 0 Å². The summed E-state index contributed by atoms with van der Waals surface area (Å²) in [6, 6.07) is 9.78. The largest absolute Gasteiger partial charge is 0.280 e. The minimum absolute atomic E-state index is 0.0106. The van der Waals surface area contributed by atoms with Gasteiger partial charge in [-0.25, -0.2) is 8.42 Å². The molecule has 0 radical (unpaired) electrons. The van der Waals surface area contributed by atoms with Crippen LogP contribution in [0.5, 0.6) is 0 Å². The van der Waals surface area contributed by atoms with Crippen molar-refractivity contribution in [1.82, 2.24) is 10.9 Å². The Balaban J connectivity index is 2.25. The number of halogens is 2. The number of sulfonamides is 1. The smallest absolute Gasteiger partial charge is 0.269 e. The summed E-state index contributed by atoms with van der Waals surface area (Å²) in [6.45, 7) is 1.24. The summed E-state index contributed by atoms with van der Waals surface area (Å²) in [4.78, 5) is 22.5. The lowest BCUT2D eigenvalue weighted by atomic mass is 10.2. The van der Waals surface area contributed by atoms with Gasteiger partial charge in [-0.1, -0.05) is 29.3 Å². The molecule has 10 heteroatoms. The van der Waals surface area contributed by atoms with Crippen molar-refractivity contribution < 1.29 is 18.0 Å². The zero-order chi connectivity index (χ0) is 18.6. The minimum Gasteiger partial charge on any atom is -0.280 e. The number of rotatable bonds is 4. The van der Waals surface area contributed by atoms with E-state index >= 15 is 0 Å². The van der Waals surface area contributed by atoms with Gasteiger partial charge in [0.25, 0.3) is 15.9 Å². The lowest BCUT2D eigenvalue weighted by Gasteiger charge is -2.11. The first-order valence-electron chi connectivity index (χ1n) is 6.84. The second-order valence-corrected chi connectivity index (χ2v) is 7.39. The van der Waals surface area contributed by atoms with Gasteiger partial charge in [0.2, 0.25) is 5.91 Å². The van der Waals surface area contributed by atoms with Gasteiger partial charge in [0.05, 0.1) is 5.02 Å². The Labute approximate surface area is 154 Å². The number of hydrogen-bond acceptors (Lipinski definition) is 4. The molecule has 2 aromatic rings. The highest BCUT2D eigenvalue weighted by Gasteiger charge is 2.19. The molecule has 0 bridgehead atoms. The van der Waals surface area contributed by atoms with Gasteiger partial charge >= 0.3 is 0 Å². The maximum Gasteiger partial charge on any atom is 0.269 e. The van der Waals surface area contributed by atoms with Crippen LogP contribution in [-0.4, -0.2) is 20.2 Å². The van der Waals surface area contributed by atoms with Crippen LogP contribution < -0.4 is 15.6 Å². The molecule has 0 saturated heterocycles. The lowest BCUT2D eigenvalue weighted by molar-refractivity contribution is -0.119. The predicted molar refractivity (Wildman–Crippen MR) is 95.0 cm³/mol. The van der Waals surface area contributed by atoms with Crippen molar-refractivity contribution in [3.8, 4) is 0 Å². The van der Waals surface area contributed by atoms with Crippen molar-refractivity contribution in [3.05, 3.63) is 58.1 Å². The molecule has 3 N–H and O–H groups in total. The molecular weight excluding hydrogens is 389 g/mol. The molecule has 0 aromatic heterocycles. The number of carbonyl (C=O) groups excluding carboxylic acids is 2. The highest BCUT2D eigenvalue weighted by atomic mass is 35.5. The highest BCUT2D eigenvalue weighted by molar-refractivity contribution is 7.92. The second kappa shape index (κ2) is 7.73. The van der Waals surface area contributed by atoms with Gasteiger partial charge in [0.15, 0.2) is 0 Å². The molecule has 0 atom stereocenters. The van der Waals surface area contributed by atoms with Crippen molar-refractivity contribution in [3.63, 3.8) is 0 Å². The Morgan fingerprint density at radius 3 is 2.40 bits per heavy atom. The van der Waals surface area contributed by atoms with Gasteiger partial charge in [0.1, 0.15) is 4.90 Å². The second-order valence-electron chi connectivity index (χ2n) is 4.90. The number of carbonyl (C=O) groups is 2. The van der Waals surface area contributed by atoms with Crippen LogP contribution in [-0.2, 0) is 14.8 Å². The zero-order valence-electron chi connectivity index (χ0n) is 12.8. The summed E-state index contributed by atoms with van der Waals surface area (Å²) in [6.07, 6.45) is 0. The van der Waals surface area contributed by atoms with E-state index in [1.54, 1.807) is 0 Å². The maximum atomic E-state index is 12.5. The molecule has 0 spiro atoms. The van der Waals surface area contributed by atoms with Crippen LogP contribution in [0.4, 0.5) is 5.69 Å². The quantitative estimate of drug-likeness (QED) is 0.684. The summed E-state index contributed by atoms with van der Waals surface area (Å²) in [7, 11) is -4.00. The Morgan fingerprint density at radius 1 is 1.00 bits per heavy atom. The van der Waals surface area contributed by atoms with Crippen molar-refractivity contribution in [1.29, 1.82) is 0 Å². The molecule has 0 unspecified atom stereocenters. The van der Waals surface area contributed by atoms with Crippen molar-refractivity contribution in [2.24, 2.45) is 0 Å². The van der Waals surface area contributed by atoms with E-state index in [2.05, 4.69) is 15.6 Å². The van der Waals surface area contributed by atoms with E-state index in [1.807, 2.05) is 0 Å². The molecule has 0 aliphatic heterocycles. The highest BCUT2D eigenvalue weighted by Crippen LogP contribution is 2.27. The van der Waals surface area contributed by atoms with E-state index in [-0.39, 0.29) is 26.2 Å². The van der Waals surface area contributed by atoms with Crippen LogP contribution >= 0.6 is 23.2 Å². The van der Waals surface area contributed by atoms with Gasteiger partial charge in [0, 0.05) is 23.2 Å². The third-order valence-electron chi connectivity index (χ3n) is 2.91. The molecule has 2 amide bonds. The number of hydrazine groups is 1. The van der Waals surface area contributed by atoms with Crippen LogP contribution in [0.3, 0.4) is 0 Å². The fraction of sp³-hybridized carbons (Fsp3) is 0.0667. The summed E-state index contributed by atoms with van der Waals surface area (Å²) >= 11 is 11.7. The van der Waals surface area contributed by atoms with Gasteiger partial charge < -0.3 is 0 Å². The van der Waals surface area contributed by atoms with Gasteiger partial charge in [-0.05, 0) is 36.4 Å². The van der Waals surface area contributed by atoms with E-state index in [1.165, 1.54) is 49.4 Å². The summed E-state index contributed by atoms with van der Waals surface area (Å²) in [5.41, 5.74) is 4.61. The van der Waals surface area contributed by atoms with Crippen molar-refractivity contribution >= 4 is 50.7 Å². The molecule has 2 rings (SSSR count). The van der Waals surface area contributed by atoms with Crippen LogP contribution in [0.1, 0.15) is 17.3 Å². The number of anilines is 1. The molecule has 0 heterocycles. The first-order chi connectivity index (χ1) is 11.7. The SMILES string of the molecule is CC(=O)NNC(=O)c1cccc(NS(=O)(=O)c2cc(Cl)ccc2Cl)c1. The molecule has 132 valence electrons. The maximum absolute atomic E-state index is 12.5. The first kappa shape index (κ1) is 19.0. The molecule has 2 aromatic carbocycles. The van der Waals surface area contributed by atoms with Gasteiger partial charge in [-0.3, -0.25) is 25.2 Å². The third-order valence-corrected chi connectivity index (χ3v) is 5.01. The average molecular weight is 402 g/mol. The monoisotopic (exact) mass is 401 g/mol. The molecule has 7 nitrogen and oxygen atoms in total. The zero-order valence-corrected chi connectivity index (χ0v) is 15.2. The summed E-state index contributed by atoms with van der Waals surface area (Å²) in [5.74, 6) is -1.04. The van der Waals surface area contributed by atoms with Crippen LogP contribution in [0, 0.1) is 0 Å². The molecule has 0 aliphatic carbocycles. The predicted octanol–water partition coefficient (Wildman–Crippen LogP) is 2.58. The van der Waals surface area contributed by atoms with Crippen LogP contribution in [0.15, 0.2) is 47.4 Å². The average Bonchev–Trinajstić information content (AvgIpc) is 2.54. The Kier molecular flexibility index (Phi) is 5.89. The van der Waals surface area contributed by atoms with E-state index in [0.717, 1.165) is 0 Å². The normalized spacial score (nSPS) is 10.8.